The van der Waals surface area contributed by atoms with Gasteiger partial charge in [-0.2, -0.15) is 0 Å². The highest BCUT2D eigenvalue weighted by Gasteiger charge is 2.33. The van der Waals surface area contributed by atoms with Crippen molar-refractivity contribution in [2.75, 3.05) is 7.05 Å². The van der Waals surface area contributed by atoms with Crippen LogP contribution in [0.4, 0.5) is 0 Å². The third-order valence-electron chi connectivity index (χ3n) is 4.66. The zero-order valence-electron chi connectivity index (χ0n) is 12.1. The first-order valence-corrected chi connectivity index (χ1v) is 7.46. The summed E-state index contributed by atoms with van der Waals surface area (Å²) >= 11 is 0. The summed E-state index contributed by atoms with van der Waals surface area (Å²) < 4.78 is 0. The first-order chi connectivity index (χ1) is 10.4. The van der Waals surface area contributed by atoms with Crippen LogP contribution in [0.25, 0.3) is 10.8 Å². The fraction of sp³-hybridized carbons (Fsp3) is 0.211. The van der Waals surface area contributed by atoms with Gasteiger partial charge < -0.3 is 5.32 Å². The average Bonchev–Trinajstić information content (AvgIpc) is 2.52. The number of pyridine rings is 1. The van der Waals surface area contributed by atoms with Gasteiger partial charge in [-0.1, -0.05) is 42.5 Å². The molecule has 2 atom stereocenters. The normalized spacial score (nSPS) is 18.0. The van der Waals surface area contributed by atoms with Crippen LogP contribution in [-0.2, 0) is 6.42 Å². The summed E-state index contributed by atoms with van der Waals surface area (Å²) in [6.07, 6.45) is 4.98. The van der Waals surface area contributed by atoms with Crippen LogP contribution in [0.2, 0.25) is 0 Å². The zero-order valence-corrected chi connectivity index (χ0v) is 12.1. The molecule has 0 fully saturated rings. The van der Waals surface area contributed by atoms with E-state index in [4.69, 9.17) is 0 Å². The first-order valence-electron chi connectivity index (χ1n) is 7.46. The Morgan fingerprint density at radius 2 is 2.00 bits per heavy atom. The average molecular weight is 274 g/mol. The zero-order chi connectivity index (χ0) is 14.2. The molecule has 2 nitrogen and oxygen atoms in total. The Morgan fingerprint density at radius 3 is 2.86 bits per heavy atom. The largest absolute Gasteiger partial charge is 0.312 e. The van der Waals surface area contributed by atoms with E-state index < -0.39 is 0 Å². The SMILES string of the molecule is CNC(c1cccc2cnccc12)C1Cc2ccccc21. The van der Waals surface area contributed by atoms with Crippen molar-refractivity contribution >= 4 is 10.8 Å². The molecule has 1 N–H and O–H groups in total. The Balaban J connectivity index is 1.80. The standard InChI is InChI=1S/C19H18N2/c1-20-19(18-11-13-5-2-3-7-15(13)18)17-8-4-6-14-12-21-10-9-16(14)17/h2-10,12,18-20H,11H2,1H3. The van der Waals surface area contributed by atoms with E-state index in [1.807, 2.05) is 12.4 Å². The molecule has 2 aromatic carbocycles. The fourth-order valence-corrected chi connectivity index (χ4v) is 3.59. The van der Waals surface area contributed by atoms with Crippen LogP contribution >= 0.6 is 0 Å². The van der Waals surface area contributed by atoms with Crippen molar-refractivity contribution in [3.63, 3.8) is 0 Å². The van der Waals surface area contributed by atoms with Crippen molar-refractivity contribution in [3.8, 4) is 0 Å². The van der Waals surface area contributed by atoms with Crippen molar-refractivity contribution in [1.29, 1.82) is 0 Å². The summed E-state index contributed by atoms with van der Waals surface area (Å²) in [6, 6.07) is 17.8. The van der Waals surface area contributed by atoms with Crippen LogP contribution in [-0.4, -0.2) is 12.0 Å². The fourth-order valence-electron chi connectivity index (χ4n) is 3.59. The summed E-state index contributed by atoms with van der Waals surface area (Å²) in [7, 11) is 2.06. The molecule has 0 spiro atoms. The maximum Gasteiger partial charge on any atom is 0.0396 e. The quantitative estimate of drug-likeness (QED) is 0.785. The molecule has 0 saturated carbocycles. The maximum atomic E-state index is 4.23. The van der Waals surface area contributed by atoms with E-state index >= 15 is 0 Å². The number of hydrogen-bond donors (Lipinski definition) is 1. The van der Waals surface area contributed by atoms with E-state index in [2.05, 4.69) is 65.9 Å². The molecule has 21 heavy (non-hydrogen) atoms. The lowest BCUT2D eigenvalue weighted by atomic mass is 9.71. The van der Waals surface area contributed by atoms with E-state index in [0.717, 1.165) is 6.42 Å². The minimum atomic E-state index is 0.353. The monoisotopic (exact) mass is 274 g/mol. The van der Waals surface area contributed by atoms with Gasteiger partial charge in [0.05, 0.1) is 0 Å². The van der Waals surface area contributed by atoms with Gasteiger partial charge in [0.15, 0.2) is 0 Å². The molecule has 1 aromatic heterocycles. The Labute approximate surface area is 124 Å². The van der Waals surface area contributed by atoms with Crippen LogP contribution in [0, 0.1) is 0 Å². The lowest BCUT2D eigenvalue weighted by molar-refractivity contribution is 0.441. The Hall–Kier alpha value is -2.19. The molecule has 2 unspecified atom stereocenters. The maximum absolute atomic E-state index is 4.23. The van der Waals surface area contributed by atoms with Gasteiger partial charge in [-0.25, -0.2) is 0 Å². The smallest absolute Gasteiger partial charge is 0.0396 e. The van der Waals surface area contributed by atoms with Crippen molar-refractivity contribution in [3.05, 3.63) is 77.6 Å². The van der Waals surface area contributed by atoms with E-state index in [0.29, 0.717) is 12.0 Å². The molecule has 3 aromatic rings. The van der Waals surface area contributed by atoms with Gasteiger partial charge in [0.25, 0.3) is 0 Å². The predicted octanol–water partition coefficient (Wildman–Crippen LogP) is 3.84. The van der Waals surface area contributed by atoms with Gasteiger partial charge in [-0.05, 0) is 41.6 Å². The molecule has 4 rings (SSSR count). The molecule has 2 heteroatoms. The van der Waals surface area contributed by atoms with Gasteiger partial charge in [-0.3, -0.25) is 4.98 Å². The van der Waals surface area contributed by atoms with Crippen molar-refractivity contribution in [2.45, 2.75) is 18.4 Å². The molecule has 104 valence electrons. The number of nitrogens with zero attached hydrogens (tertiary/aromatic N) is 1. The van der Waals surface area contributed by atoms with Crippen LogP contribution in [0.15, 0.2) is 60.9 Å². The van der Waals surface area contributed by atoms with Gasteiger partial charge in [0.1, 0.15) is 0 Å². The van der Waals surface area contributed by atoms with E-state index in [9.17, 15) is 0 Å². The number of likely N-dealkylation sites (N-methyl/N-ethyl adjacent to an activating group) is 1. The van der Waals surface area contributed by atoms with Gasteiger partial charge in [0.2, 0.25) is 0 Å². The summed E-state index contributed by atoms with van der Waals surface area (Å²) in [5.74, 6) is 0.560. The molecule has 0 radical (unpaired) electrons. The van der Waals surface area contributed by atoms with Gasteiger partial charge in [0, 0.05) is 29.7 Å². The van der Waals surface area contributed by atoms with Crippen molar-refractivity contribution in [1.82, 2.24) is 10.3 Å². The minimum Gasteiger partial charge on any atom is -0.312 e. The van der Waals surface area contributed by atoms with Crippen LogP contribution in [0.5, 0.6) is 0 Å². The number of hydrogen-bond acceptors (Lipinski definition) is 2. The third kappa shape index (κ3) is 1.95. The second-order valence-electron chi connectivity index (χ2n) is 5.72. The lowest BCUT2D eigenvalue weighted by Gasteiger charge is -2.37. The molecule has 1 heterocycles. The van der Waals surface area contributed by atoms with Crippen LogP contribution in [0.3, 0.4) is 0 Å². The van der Waals surface area contributed by atoms with Crippen molar-refractivity contribution in [2.24, 2.45) is 0 Å². The highest BCUT2D eigenvalue weighted by molar-refractivity contribution is 5.85. The number of aromatic nitrogens is 1. The van der Waals surface area contributed by atoms with E-state index in [1.54, 1.807) is 0 Å². The molecule has 0 aliphatic heterocycles. The topological polar surface area (TPSA) is 24.9 Å². The van der Waals surface area contributed by atoms with Crippen molar-refractivity contribution < 1.29 is 0 Å². The number of benzene rings is 2. The predicted molar refractivity (Wildman–Crippen MR) is 86.4 cm³/mol. The molecular weight excluding hydrogens is 256 g/mol. The van der Waals surface area contributed by atoms with E-state index in [-0.39, 0.29) is 0 Å². The van der Waals surface area contributed by atoms with Gasteiger partial charge in [-0.15, -0.1) is 0 Å². The Kier molecular flexibility index (Phi) is 2.97. The number of fused-ring (bicyclic) bond motifs is 2. The minimum absolute atomic E-state index is 0.353. The molecule has 0 amide bonds. The summed E-state index contributed by atoms with van der Waals surface area (Å²) in [6.45, 7) is 0. The molecule has 0 bridgehead atoms. The third-order valence-corrected chi connectivity index (χ3v) is 4.66. The highest BCUT2D eigenvalue weighted by Crippen LogP contribution is 2.44. The Morgan fingerprint density at radius 1 is 1.10 bits per heavy atom. The number of nitrogens with one attached hydrogen (secondary N) is 1. The summed E-state index contributed by atoms with van der Waals surface area (Å²) in [4.78, 5) is 4.23. The molecule has 1 aliphatic rings. The lowest BCUT2D eigenvalue weighted by Crippen LogP contribution is -2.31. The Bertz CT molecular complexity index is 789. The summed E-state index contributed by atoms with van der Waals surface area (Å²) in [5, 5.41) is 6.05. The second-order valence-corrected chi connectivity index (χ2v) is 5.72. The van der Waals surface area contributed by atoms with E-state index in [1.165, 1.54) is 27.5 Å². The number of rotatable bonds is 3. The second kappa shape index (κ2) is 4.97. The van der Waals surface area contributed by atoms with Crippen LogP contribution < -0.4 is 5.32 Å². The first kappa shape index (κ1) is 12.5. The highest BCUT2D eigenvalue weighted by atomic mass is 14.9. The molecule has 1 aliphatic carbocycles. The van der Waals surface area contributed by atoms with Gasteiger partial charge >= 0.3 is 0 Å². The molecule has 0 saturated heterocycles. The summed E-state index contributed by atoms with van der Waals surface area (Å²) in [5.41, 5.74) is 4.35. The molecular formula is C19H18N2. The van der Waals surface area contributed by atoms with Crippen LogP contribution in [0.1, 0.15) is 28.7 Å².